The monoisotopic (exact) mass is 392 g/mol. The van der Waals surface area contributed by atoms with Crippen molar-refractivity contribution < 1.29 is 8.42 Å². The van der Waals surface area contributed by atoms with Crippen molar-refractivity contribution in [3.63, 3.8) is 0 Å². The first-order valence-corrected chi connectivity index (χ1v) is 11.5. The van der Waals surface area contributed by atoms with Crippen LogP contribution in [0.25, 0.3) is 0 Å². The van der Waals surface area contributed by atoms with Crippen LogP contribution >= 0.6 is 0 Å². The molecular weight excluding hydrogens is 368 g/mol. The van der Waals surface area contributed by atoms with Gasteiger partial charge in [0.05, 0.1) is 16.5 Å². The lowest BCUT2D eigenvalue weighted by atomic mass is 9.63. The summed E-state index contributed by atoms with van der Waals surface area (Å²) in [6.45, 7) is 2.58. The van der Waals surface area contributed by atoms with Crippen molar-refractivity contribution in [2.45, 2.75) is 49.5 Å². The highest BCUT2D eigenvalue weighted by Crippen LogP contribution is 2.54. The molecule has 2 aromatic rings. The Labute approximate surface area is 166 Å². The molecular formula is C23H24N2O2S. The van der Waals surface area contributed by atoms with Crippen LogP contribution in [0.4, 0.5) is 0 Å². The molecule has 2 fully saturated rings. The van der Waals surface area contributed by atoms with Gasteiger partial charge in [-0.05, 0) is 79.3 Å². The largest absolute Gasteiger partial charge is 0.243 e. The molecule has 2 aromatic carbocycles. The second-order valence-electron chi connectivity index (χ2n) is 8.56. The Bertz CT molecular complexity index is 1070. The van der Waals surface area contributed by atoms with Crippen LogP contribution in [0.3, 0.4) is 0 Å². The summed E-state index contributed by atoms with van der Waals surface area (Å²) < 4.78 is 28.7. The number of nitrogens with zero attached hydrogens (tertiary/aromatic N) is 2. The molecule has 5 heteroatoms. The number of aryl methyl sites for hydroxylation is 1. The van der Waals surface area contributed by atoms with Crippen LogP contribution < -0.4 is 0 Å². The maximum atomic E-state index is 13.4. The van der Waals surface area contributed by atoms with Crippen molar-refractivity contribution >= 4 is 10.0 Å². The number of hydrogen-bond donors (Lipinski definition) is 0. The molecule has 0 unspecified atom stereocenters. The third kappa shape index (κ3) is 2.62. The topological polar surface area (TPSA) is 61.2 Å². The molecule has 28 heavy (non-hydrogen) atoms. The number of rotatable bonds is 2. The normalized spacial score (nSPS) is 29.0. The Morgan fingerprint density at radius 3 is 2.64 bits per heavy atom. The van der Waals surface area contributed by atoms with Crippen LogP contribution in [-0.2, 0) is 16.4 Å². The maximum Gasteiger partial charge on any atom is 0.243 e. The van der Waals surface area contributed by atoms with E-state index < -0.39 is 10.0 Å². The Morgan fingerprint density at radius 1 is 1.11 bits per heavy atom. The molecule has 4 atom stereocenters. The molecule has 0 N–H and O–H groups in total. The number of benzene rings is 2. The van der Waals surface area contributed by atoms with E-state index in [1.807, 2.05) is 25.1 Å². The smallest absolute Gasteiger partial charge is 0.207 e. The number of sulfonamides is 1. The van der Waals surface area contributed by atoms with Crippen molar-refractivity contribution in [1.29, 1.82) is 5.26 Å². The van der Waals surface area contributed by atoms with Crippen molar-refractivity contribution in [1.82, 2.24) is 4.31 Å². The van der Waals surface area contributed by atoms with Crippen LogP contribution in [0.2, 0.25) is 0 Å². The van der Waals surface area contributed by atoms with Gasteiger partial charge < -0.3 is 0 Å². The summed E-state index contributed by atoms with van der Waals surface area (Å²) in [5.74, 6) is 1.12. The van der Waals surface area contributed by atoms with E-state index in [0.29, 0.717) is 34.8 Å². The first-order chi connectivity index (χ1) is 13.5. The van der Waals surface area contributed by atoms with Gasteiger partial charge in [0.15, 0.2) is 0 Å². The highest BCUT2D eigenvalue weighted by molar-refractivity contribution is 7.89. The second kappa shape index (κ2) is 6.43. The van der Waals surface area contributed by atoms with Crippen LogP contribution in [0.1, 0.15) is 47.4 Å². The average Bonchev–Trinajstić information content (AvgIpc) is 3.09. The first kappa shape index (κ1) is 17.9. The van der Waals surface area contributed by atoms with E-state index in [-0.39, 0.29) is 6.04 Å². The van der Waals surface area contributed by atoms with E-state index >= 15 is 0 Å². The van der Waals surface area contributed by atoms with E-state index in [1.165, 1.54) is 11.1 Å². The number of hydrogen-bond acceptors (Lipinski definition) is 3. The van der Waals surface area contributed by atoms with Gasteiger partial charge in [-0.15, -0.1) is 0 Å². The molecule has 3 aliphatic rings. The fourth-order valence-corrected chi connectivity index (χ4v) is 7.57. The van der Waals surface area contributed by atoms with Gasteiger partial charge in [-0.1, -0.05) is 30.2 Å². The predicted molar refractivity (Wildman–Crippen MR) is 107 cm³/mol. The summed E-state index contributed by atoms with van der Waals surface area (Å²) in [4.78, 5) is 0.406. The Kier molecular flexibility index (Phi) is 4.12. The second-order valence-corrected chi connectivity index (χ2v) is 10.5. The lowest BCUT2D eigenvalue weighted by Gasteiger charge is -2.42. The molecule has 4 nitrogen and oxygen atoms in total. The molecule has 0 amide bonds. The minimum atomic E-state index is -3.48. The van der Waals surface area contributed by atoms with Crippen LogP contribution in [0.15, 0.2) is 47.4 Å². The van der Waals surface area contributed by atoms with Gasteiger partial charge >= 0.3 is 0 Å². The van der Waals surface area contributed by atoms with E-state index in [0.717, 1.165) is 31.2 Å². The summed E-state index contributed by atoms with van der Waals surface area (Å²) in [7, 11) is -3.48. The number of nitriles is 1. The molecule has 144 valence electrons. The van der Waals surface area contributed by atoms with Gasteiger partial charge in [0.2, 0.25) is 10.0 Å². The maximum absolute atomic E-state index is 13.4. The van der Waals surface area contributed by atoms with E-state index in [2.05, 4.69) is 18.2 Å². The zero-order valence-electron chi connectivity index (χ0n) is 16.0. The molecule has 0 aromatic heterocycles. The van der Waals surface area contributed by atoms with Gasteiger partial charge in [0.25, 0.3) is 0 Å². The Hall–Kier alpha value is -2.16. The summed E-state index contributed by atoms with van der Waals surface area (Å²) in [5, 5.41) is 9.31. The highest BCUT2D eigenvalue weighted by Gasteiger charge is 2.53. The van der Waals surface area contributed by atoms with E-state index in [4.69, 9.17) is 0 Å². The highest BCUT2D eigenvalue weighted by atomic mass is 32.2. The van der Waals surface area contributed by atoms with Gasteiger partial charge in [0.1, 0.15) is 0 Å². The summed E-state index contributed by atoms with van der Waals surface area (Å²) in [6.07, 6.45) is 3.99. The molecule has 1 saturated heterocycles. The SMILES string of the molecule is Cc1ccc(S(=O)(=O)N2C[C@H]3Cc4ccc(C#N)cc4[C@H]4CCC[C@H]2[C@@H]34)cc1. The van der Waals surface area contributed by atoms with E-state index in [9.17, 15) is 13.7 Å². The standard InChI is InChI=1S/C23H24N2O2S/c1-15-5-9-19(10-6-15)28(26,27)25-14-18-12-17-8-7-16(13-24)11-21(17)20-3-2-4-22(25)23(18)20/h5-11,18,20,22-23H,2-4,12,14H2,1H3/t18-,20-,22+,23+/m1/s1. The minimum Gasteiger partial charge on any atom is -0.207 e. The third-order valence-electron chi connectivity index (χ3n) is 7.04. The van der Waals surface area contributed by atoms with Gasteiger partial charge in [0, 0.05) is 12.6 Å². The Balaban J connectivity index is 1.54. The third-order valence-corrected chi connectivity index (χ3v) is 8.94. The molecule has 0 radical (unpaired) electrons. The predicted octanol–water partition coefficient (Wildman–Crippen LogP) is 4.00. The summed E-state index contributed by atoms with van der Waals surface area (Å²) in [5.41, 5.74) is 4.37. The molecule has 1 saturated carbocycles. The van der Waals surface area contributed by atoms with Crippen molar-refractivity contribution in [3.8, 4) is 6.07 Å². The fraction of sp³-hybridized carbons (Fsp3) is 0.435. The quantitative estimate of drug-likeness (QED) is 0.776. The average molecular weight is 393 g/mol. The van der Waals surface area contributed by atoms with Crippen molar-refractivity contribution in [3.05, 3.63) is 64.7 Å². The van der Waals surface area contributed by atoms with Crippen LogP contribution in [0.5, 0.6) is 0 Å². The fourth-order valence-electron chi connectivity index (χ4n) is 5.83. The molecule has 0 bridgehead atoms. The Morgan fingerprint density at radius 2 is 1.89 bits per heavy atom. The summed E-state index contributed by atoms with van der Waals surface area (Å²) >= 11 is 0. The first-order valence-electron chi connectivity index (χ1n) is 10.1. The number of fused-ring (bicyclic) bond motifs is 2. The zero-order valence-corrected chi connectivity index (χ0v) is 16.8. The molecule has 2 aliphatic carbocycles. The lowest BCUT2D eigenvalue weighted by Crippen LogP contribution is -2.42. The van der Waals surface area contributed by atoms with Gasteiger partial charge in [-0.2, -0.15) is 9.57 Å². The molecule has 5 rings (SSSR count). The molecule has 1 heterocycles. The molecule has 0 spiro atoms. The van der Waals surface area contributed by atoms with Gasteiger partial charge in [-0.3, -0.25) is 0 Å². The lowest BCUT2D eigenvalue weighted by molar-refractivity contribution is 0.196. The zero-order chi connectivity index (χ0) is 19.5. The van der Waals surface area contributed by atoms with Gasteiger partial charge in [-0.25, -0.2) is 8.42 Å². The summed E-state index contributed by atoms with van der Waals surface area (Å²) in [6, 6.07) is 15.6. The van der Waals surface area contributed by atoms with Crippen LogP contribution in [0, 0.1) is 30.1 Å². The van der Waals surface area contributed by atoms with Crippen LogP contribution in [-0.4, -0.2) is 25.3 Å². The van der Waals surface area contributed by atoms with Crippen molar-refractivity contribution in [2.75, 3.05) is 6.54 Å². The minimum absolute atomic E-state index is 0.0777. The molecule has 1 aliphatic heterocycles. The van der Waals surface area contributed by atoms with E-state index in [1.54, 1.807) is 16.4 Å². The van der Waals surface area contributed by atoms with Crippen molar-refractivity contribution in [2.24, 2.45) is 11.8 Å².